The summed E-state index contributed by atoms with van der Waals surface area (Å²) in [4.78, 5) is 1.19. The van der Waals surface area contributed by atoms with Crippen LogP contribution in [0.15, 0.2) is 17.3 Å². The van der Waals surface area contributed by atoms with Crippen LogP contribution in [-0.4, -0.2) is 15.0 Å². The maximum Gasteiger partial charge on any atom is 0.0667 e. The number of thioether (sulfide) groups is 1. The van der Waals surface area contributed by atoms with E-state index in [1.54, 1.807) is 0 Å². The topological polar surface area (TPSA) is 41.6 Å². The van der Waals surface area contributed by atoms with Crippen LogP contribution >= 0.6 is 11.8 Å². The number of rotatable bonds is 4. The maximum absolute atomic E-state index is 9.41. The summed E-state index contributed by atoms with van der Waals surface area (Å²) >= 11 is 1.84. The summed E-state index contributed by atoms with van der Waals surface area (Å²) in [7, 11) is 1.94. The molecule has 1 saturated carbocycles. The van der Waals surface area contributed by atoms with E-state index in [2.05, 4.69) is 31.9 Å². The molecule has 0 spiro atoms. The minimum absolute atomic E-state index is 0.184. The quantitative estimate of drug-likeness (QED) is 0.832. The monoisotopic (exact) mass is 291 g/mol. The van der Waals surface area contributed by atoms with Gasteiger partial charge in [0.05, 0.1) is 18.2 Å². The second-order valence-corrected chi connectivity index (χ2v) is 7.91. The lowest BCUT2D eigenvalue weighted by molar-refractivity contribution is 0.144. The van der Waals surface area contributed by atoms with Gasteiger partial charge in [0.2, 0.25) is 0 Å². The van der Waals surface area contributed by atoms with Crippen LogP contribution in [0.5, 0.6) is 0 Å². The lowest BCUT2D eigenvalue weighted by atomic mass is 9.67. The van der Waals surface area contributed by atoms with Crippen LogP contribution in [0, 0.1) is 28.6 Å². The molecular weight excluding hydrogens is 266 g/mol. The predicted molar refractivity (Wildman–Crippen MR) is 83.4 cm³/mol. The lowest BCUT2D eigenvalue weighted by Gasteiger charge is -2.41. The van der Waals surface area contributed by atoms with E-state index in [1.165, 1.54) is 17.7 Å². The van der Waals surface area contributed by atoms with Crippen LogP contribution in [0.3, 0.4) is 0 Å². The van der Waals surface area contributed by atoms with Crippen molar-refractivity contribution in [2.24, 2.45) is 24.3 Å². The largest absolute Gasteiger partial charge is 0.275 e. The van der Waals surface area contributed by atoms with Crippen LogP contribution in [0.25, 0.3) is 0 Å². The second-order valence-electron chi connectivity index (χ2n) is 6.59. The van der Waals surface area contributed by atoms with Gasteiger partial charge in [0, 0.05) is 23.4 Å². The SMILES string of the molecule is CCC(C)(C)C1CCC(C#N)C(Sc2cnn(C)c2)C1. The van der Waals surface area contributed by atoms with Crippen LogP contribution in [-0.2, 0) is 7.05 Å². The number of aryl methyl sites for hydroxylation is 1. The van der Waals surface area contributed by atoms with Crippen molar-refractivity contribution in [2.75, 3.05) is 0 Å². The highest BCUT2D eigenvalue weighted by atomic mass is 32.2. The second kappa shape index (κ2) is 6.22. The van der Waals surface area contributed by atoms with Gasteiger partial charge < -0.3 is 0 Å². The molecule has 1 aliphatic rings. The van der Waals surface area contributed by atoms with E-state index in [9.17, 15) is 5.26 Å². The zero-order valence-electron chi connectivity index (χ0n) is 13.0. The number of nitriles is 1. The fourth-order valence-electron chi connectivity index (χ4n) is 3.04. The summed E-state index contributed by atoms with van der Waals surface area (Å²) < 4.78 is 1.83. The van der Waals surface area contributed by atoms with Crippen LogP contribution < -0.4 is 0 Å². The molecule has 1 heterocycles. The molecule has 20 heavy (non-hydrogen) atoms. The zero-order chi connectivity index (χ0) is 14.8. The van der Waals surface area contributed by atoms with Gasteiger partial charge in [0.1, 0.15) is 0 Å². The summed E-state index contributed by atoms with van der Waals surface area (Å²) in [6.45, 7) is 7.02. The van der Waals surface area contributed by atoms with Crippen molar-refractivity contribution in [3.8, 4) is 6.07 Å². The molecule has 0 radical (unpaired) electrons. The molecule has 2 rings (SSSR count). The fraction of sp³-hybridized carbons (Fsp3) is 0.750. The van der Waals surface area contributed by atoms with Crippen molar-refractivity contribution in [3.05, 3.63) is 12.4 Å². The highest BCUT2D eigenvalue weighted by Crippen LogP contribution is 2.46. The van der Waals surface area contributed by atoms with Gasteiger partial charge in [0.25, 0.3) is 0 Å². The fourth-order valence-corrected chi connectivity index (χ4v) is 4.40. The normalized spacial score (nSPS) is 27.2. The zero-order valence-corrected chi connectivity index (χ0v) is 13.8. The van der Waals surface area contributed by atoms with Crippen molar-refractivity contribution in [1.82, 2.24) is 9.78 Å². The molecule has 0 amide bonds. The Hall–Kier alpha value is -0.950. The van der Waals surface area contributed by atoms with Crippen LogP contribution in [0.4, 0.5) is 0 Å². The molecular formula is C16H25N3S. The van der Waals surface area contributed by atoms with Gasteiger partial charge in [-0.2, -0.15) is 10.4 Å². The number of nitrogens with zero attached hydrogens (tertiary/aromatic N) is 3. The summed E-state index contributed by atoms with van der Waals surface area (Å²) in [6.07, 6.45) is 8.56. The van der Waals surface area contributed by atoms with E-state index < -0.39 is 0 Å². The molecule has 0 aromatic carbocycles. The van der Waals surface area contributed by atoms with Crippen LogP contribution in [0.1, 0.15) is 46.5 Å². The van der Waals surface area contributed by atoms with Crippen LogP contribution in [0.2, 0.25) is 0 Å². The molecule has 3 unspecified atom stereocenters. The van der Waals surface area contributed by atoms with Crippen molar-refractivity contribution in [2.45, 2.75) is 56.6 Å². The Kier molecular flexibility index (Phi) is 4.80. The van der Waals surface area contributed by atoms with E-state index in [0.717, 1.165) is 18.8 Å². The molecule has 1 aromatic heterocycles. The Morgan fingerprint density at radius 2 is 2.25 bits per heavy atom. The average Bonchev–Trinajstić information content (AvgIpc) is 2.84. The summed E-state index contributed by atoms with van der Waals surface area (Å²) in [6, 6.07) is 2.52. The minimum Gasteiger partial charge on any atom is -0.275 e. The predicted octanol–water partition coefficient (Wildman–Crippen LogP) is 4.26. The molecule has 1 fully saturated rings. The third kappa shape index (κ3) is 3.38. The molecule has 0 N–H and O–H groups in total. The molecule has 1 aromatic rings. The summed E-state index contributed by atoms with van der Waals surface area (Å²) in [5, 5.41) is 14.0. The van der Waals surface area contributed by atoms with E-state index in [1.807, 2.05) is 35.9 Å². The highest BCUT2D eigenvalue weighted by molar-refractivity contribution is 8.00. The first kappa shape index (κ1) is 15.4. The Bertz CT molecular complexity index is 486. The standard InChI is InChI=1S/C16H25N3S/c1-5-16(2,3)13-7-6-12(9-17)15(8-13)20-14-10-18-19(4)11-14/h10-13,15H,5-8H2,1-4H3. The Labute approximate surface area is 126 Å². The Balaban J connectivity index is 2.09. The van der Waals surface area contributed by atoms with Crippen molar-refractivity contribution >= 4 is 11.8 Å². The summed E-state index contributed by atoms with van der Waals surface area (Å²) in [5.74, 6) is 0.912. The first-order valence-electron chi connectivity index (χ1n) is 7.51. The van der Waals surface area contributed by atoms with Gasteiger partial charge in [-0.3, -0.25) is 4.68 Å². The molecule has 110 valence electrons. The average molecular weight is 291 g/mol. The maximum atomic E-state index is 9.41. The van der Waals surface area contributed by atoms with E-state index in [-0.39, 0.29) is 5.92 Å². The molecule has 0 bridgehead atoms. The number of hydrogen-bond donors (Lipinski definition) is 0. The smallest absolute Gasteiger partial charge is 0.0667 e. The van der Waals surface area contributed by atoms with Gasteiger partial charge in [-0.05, 0) is 30.6 Å². The van der Waals surface area contributed by atoms with Crippen molar-refractivity contribution in [1.29, 1.82) is 5.26 Å². The molecule has 3 atom stereocenters. The molecule has 3 nitrogen and oxygen atoms in total. The van der Waals surface area contributed by atoms with E-state index in [0.29, 0.717) is 10.7 Å². The number of hydrogen-bond acceptors (Lipinski definition) is 3. The van der Waals surface area contributed by atoms with Gasteiger partial charge in [0.15, 0.2) is 0 Å². The van der Waals surface area contributed by atoms with Crippen molar-refractivity contribution < 1.29 is 0 Å². The Morgan fingerprint density at radius 1 is 1.50 bits per heavy atom. The highest BCUT2D eigenvalue weighted by Gasteiger charge is 2.37. The Morgan fingerprint density at radius 3 is 2.80 bits per heavy atom. The van der Waals surface area contributed by atoms with Crippen molar-refractivity contribution in [3.63, 3.8) is 0 Å². The molecule has 4 heteroatoms. The number of aromatic nitrogens is 2. The molecule has 1 aliphatic carbocycles. The van der Waals surface area contributed by atoms with Gasteiger partial charge in [-0.1, -0.05) is 27.2 Å². The third-order valence-electron chi connectivity index (χ3n) is 4.94. The molecule has 0 aliphatic heterocycles. The third-order valence-corrected chi connectivity index (χ3v) is 6.25. The van der Waals surface area contributed by atoms with Gasteiger partial charge in [-0.25, -0.2) is 0 Å². The van der Waals surface area contributed by atoms with E-state index in [4.69, 9.17) is 0 Å². The summed E-state index contributed by atoms with van der Waals surface area (Å²) in [5.41, 5.74) is 0.383. The van der Waals surface area contributed by atoms with Gasteiger partial charge >= 0.3 is 0 Å². The molecule has 0 saturated heterocycles. The van der Waals surface area contributed by atoms with E-state index >= 15 is 0 Å². The lowest BCUT2D eigenvalue weighted by Crippen LogP contribution is -2.34. The van der Waals surface area contributed by atoms with Gasteiger partial charge in [-0.15, -0.1) is 11.8 Å². The minimum atomic E-state index is 0.184. The first-order chi connectivity index (χ1) is 9.46. The first-order valence-corrected chi connectivity index (χ1v) is 8.39.